The van der Waals surface area contributed by atoms with Crippen molar-refractivity contribution in [3.63, 3.8) is 0 Å². The standard InChI is InChI=1S/C33H38F4N6O8S.C29H41N5O7S/c1-2-3-10-24-42-29-30(19-8-4-5-9-22(19)41-32(29)38)43(24)14-7-6-13-39-33(46)23(18-52(47,48)49)40-25(44)11-15-50-16-12-26(45)51-31-27(36)20(34)17-21(35)28(31)37;1-3-4-11-25-33-26-27(23-9-5-6-10-24(23)32-28(26)30)34(25)15-8-7-14-31-29(37)21(19-42(38,39)40)18-22(36)13-17-41-16-12-20(2)35/h4-5,8-9,17,23H,2-3,6-7,10-16,18H2,1H3,(H2,38,41)(H,39,46)(H,40,44)(H,47,48,49);5-6,9-10,21H,3-4,7-8,11-19H2,1-2H3,(H2,30,32)(H,31,37)(H,38,39,40)/t23-;21-/m00/s1. The third-order valence-corrected chi connectivity index (χ3v) is 16.3. The maximum Gasteiger partial charge on any atom is 0.313 e. The number of esters is 1. The molecule has 0 bridgehead atoms. The number of amides is 3. The number of benzene rings is 3. The molecule has 9 N–H and O–H groups in total. The van der Waals surface area contributed by atoms with Crippen molar-refractivity contribution in [2.24, 2.45) is 5.92 Å². The summed E-state index contributed by atoms with van der Waals surface area (Å²) in [4.78, 5) is 91.8. The summed E-state index contributed by atoms with van der Waals surface area (Å²) in [5, 5.41) is 9.37. The molecule has 0 radical (unpaired) electrons. The summed E-state index contributed by atoms with van der Waals surface area (Å²) in [6, 6.07) is 13.7. The van der Waals surface area contributed by atoms with Crippen LogP contribution in [0.1, 0.15) is 116 Å². The number of nitrogens with one attached hydrogen (secondary N) is 3. The van der Waals surface area contributed by atoms with Gasteiger partial charge >= 0.3 is 5.97 Å². The summed E-state index contributed by atoms with van der Waals surface area (Å²) in [5.74, 6) is -13.5. The molecule has 3 amide bonds. The Kier molecular flexibility index (Phi) is 28.5. The third-order valence-electron chi connectivity index (χ3n) is 14.7. The van der Waals surface area contributed by atoms with Crippen molar-refractivity contribution in [1.82, 2.24) is 45.0 Å². The Balaban J connectivity index is 0.000000305. The van der Waals surface area contributed by atoms with E-state index in [0.717, 1.165) is 83.0 Å². The first-order valence-corrected chi connectivity index (χ1v) is 33.9. The van der Waals surface area contributed by atoms with E-state index in [1.807, 2.05) is 48.5 Å². The minimum atomic E-state index is -4.69. The minimum absolute atomic E-state index is 0.0267. The number of carbonyl (C=O) groups excluding carboxylic acids is 6. The average molecular weight is 1360 g/mol. The number of ketones is 2. The van der Waals surface area contributed by atoms with Gasteiger partial charge in [0.1, 0.15) is 46.0 Å². The number of carbonyl (C=O) groups is 6. The lowest BCUT2D eigenvalue weighted by molar-refractivity contribution is -0.136. The van der Waals surface area contributed by atoms with Crippen LogP contribution in [-0.2, 0) is 84.4 Å². The number of aryl methyl sites for hydroxylation is 4. The Morgan fingerprint density at radius 1 is 0.606 bits per heavy atom. The molecule has 0 aliphatic heterocycles. The molecule has 0 aliphatic rings. The Bertz CT molecular complexity index is 4040. The molecule has 0 unspecified atom stereocenters. The molecular weight excluding hydrogens is 1280 g/mol. The quantitative estimate of drug-likeness (QED) is 0.00511. The zero-order chi connectivity index (χ0) is 68.7. The van der Waals surface area contributed by atoms with E-state index in [0.29, 0.717) is 61.4 Å². The van der Waals surface area contributed by atoms with E-state index in [-0.39, 0.29) is 69.8 Å². The fraction of sp³-hybridized carbons (Fsp3) is 0.484. The fourth-order valence-corrected chi connectivity index (χ4v) is 11.5. The molecule has 0 fully saturated rings. The average Bonchev–Trinajstić information content (AvgIpc) is 1.60. The number of anilines is 2. The van der Waals surface area contributed by atoms with Gasteiger partial charge in [0.05, 0.1) is 66.6 Å². The van der Waals surface area contributed by atoms with Gasteiger partial charge in [-0.05, 0) is 57.6 Å². The van der Waals surface area contributed by atoms with Gasteiger partial charge in [-0.25, -0.2) is 28.7 Å². The van der Waals surface area contributed by atoms with E-state index in [4.69, 9.17) is 30.9 Å². The van der Waals surface area contributed by atoms with Crippen LogP contribution in [0, 0.1) is 29.2 Å². The molecule has 0 saturated heterocycles. The zero-order valence-electron chi connectivity index (χ0n) is 52.4. The van der Waals surface area contributed by atoms with Crippen molar-refractivity contribution in [1.29, 1.82) is 0 Å². The number of aromatic nitrogens is 6. The van der Waals surface area contributed by atoms with E-state index >= 15 is 0 Å². The van der Waals surface area contributed by atoms with Crippen molar-refractivity contribution in [2.75, 3.05) is 62.5 Å². The topological polar surface area (TPSA) is 388 Å². The maximum absolute atomic E-state index is 13.7. The lowest BCUT2D eigenvalue weighted by atomic mass is 10.0. The fourth-order valence-electron chi connectivity index (χ4n) is 10.1. The molecule has 32 heteroatoms. The second-order valence-electron chi connectivity index (χ2n) is 22.2. The number of halogens is 4. The molecular formula is C62H79F4N11O15S2. The Morgan fingerprint density at radius 3 is 1.56 bits per heavy atom. The monoisotopic (exact) mass is 1360 g/mol. The molecule has 0 saturated carbocycles. The van der Waals surface area contributed by atoms with Gasteiger partial charge in [-0.2, -0.15) is 25.6 Å². The van der Waals surface area contributed by atoms with Crippen LogP contribution in [0.3, 0.4) is 0 Å². The van der Waals surface area contributed by atoms with Gasteiger partial charge < -0.3 is 50.8 Å². The van der Waals surface area contributed by atoms with Gasteiger partial charge in [-0.3, -0.25) is 37.9 Å². The van der Waals surface area contributed by atoms with Gasteiger partial charge in [0, 0.05) is 81.5 Å². The molecule has 26 nitrogen and oxygen atoms in total. The molecule has 0 aliphatic carbocycles. The van der Waals surface area contributed by atoms with Crippen LogP contribution in [0.4, 0.5) is 29.2 Å². The molecule has 4 heterocycles. The van der Waals surface area contributed by atoms with Crippen LogP contribution in [-0.4, -0.2) is 147 Å². The smallest absolute Gasteiger partial charge is 0.313 e. The number of hydrogen-bond donors (Lipinski definition) is 7. The SMILES string of the molecule is CCCCc1nc2c(N)nc3ccccc3c2n1CCCCNC(=O)[C@@H](CC(=O)CCOCCC(C)=O)CS(=O)(=O)O.CCCCc1nc2c(N)nc3ccccc3c2n1CCCCNC(=O)[C@H](CS(=O)(=O)O)NC(=O)CCOCCC(=O)Oc1c(F)c(F)cc(F)c1F. The second kappa shape index (κ2) is 35.8. The second-order valence-corrected chi connectivity index (χ2v) is 25.2. The highest BCUT2D eigenvalue weighted by atomic mass is 32.2. The van der Waals surface area contributed by atoms with Crippen LogP contribution in [0.15, 0.2) is 54.6 Å². The highest BCUT2D eigenvalue weighted by Gasteiger charge is 2.29. The van der Waals surface area contributed by atoms with E-state index in [2.05, 4.69) is 53.6 Å². The number of imidazole rings is 2. The highest BCUT2D eigenvalue weighted by molar-refractivity contribution is 7.86. The van der Waals surface area contributed by atoms with Gasteiger partial charge in [0.25, 0.3) is 20.2 Å². The molecule has 94 heavy (non-hydrogen) atoms. The van der Waals surface area contributed by atoms with Crippen LogP contribution < -0.4 is 32.2 Å². The number of rotatable bonds is 38. The first-order valence-electron chi connectivity index (χ1n) is 30.7. The van der Waals surface area contributed by atoms with Crippen molar-refractivity contribution in [2.45, 2.75) is 136 Å². The lowest BCUT2D eigenvalue weighted by Crippen LogP contribution is -2.50. The lowest BCUT2D eigenvalue weighted by Gasteiger charge is -2.17. The number of nitrogens with zero attached hydrogens (tertiary/aromatic N) is 6. The summed E-state index contributed by atoms with van der Waals surface area (Å²) in [7, 11) is -9.17. The Hall–Kier alpha value is -8.30. The largest absolute Gasteiger partial charge is 0.420 e. The summed E-state index contributed by atoms with van der Waals surface area (Å²) in [5.41, 5.74) is 17.1. The summed E-state index contributed by atoms with van der Waals surface area (Å²) < 4.78 is 138. The number of fused-ring (bicyclic) bond motifs is 6. The molecule has 7 aromatic rings. The van der Waals surface area contributed by atoms with Gasteiger partial charge in [-0.1, -0.05) is 63.1 Å². The minimum Gasteiger partial charge on any atom is -0.420 e. The molecule has 7 rings (SSSR count). The molecule has 512 valence electrons. The first-order chi connectivity index (χ1) is 44.7. The molecule has 2 atom stereocenters. The van der Waals surface area contributed by atoms with Crippen molar-refractivity contribution >= 4 is 111 Å². The van der Waals surface area contributed by atoms with Crippen molar-refractivity contribution < 1.29 is 86.5 Å². The van der Waals surface area contributed by atoms with Gasteiger partial charge in [0.2, 0.25) is 35.1 Å². The predicted octanol–water partition coefficient (Wildman–Crippen LogP) is 6.99. The normalized spacial score (nSPS) is 12.4. The summed E-state index contributed by atoms with van der Waals surface area (Å²) in [6.07, 6.45) is 6.56. The summed E-state index contributed by atoms with van der Waals surface area (Å²) >= 11 is 0. The molecule has 4 aromatic heterocycles. The summed E-state index contributed by atoms with van der Waals surface area (Å²) in [6.45, 7) is 6.66. The molecule has 3 aromatic carbocycles. The number of nitrogens with two attached hydrogens (primary N) is 2. The van der Waals surface area contributed by atoms with Gasteiger partial charge in [-0.15, -0.1) is 0 Å². The van der Waals surface area contributed by atoms with Crippen LogP contribution in [0.25, 0.3) is 43.9 Å². The number of para-hydroxylation sites is 2. The number of pyridine rings is 2. The molecule has 0 spiro atoms. The Morgan fingerprint density at radius 2 is 1.07 bits per heavy atom. The number of hydrogen-bond acceptors (Lipinski definition) is 19. The maximum atomic E-state index is 13.7. The predicted molar refractivity (Wildman–Crippen MR) is 341 cm³/mol. The highest BCUT2D eigenvalue weighted by Crippen LogP contribution is 2.32. The van der Waals surface area contributed by atoms with Crippen LogP contribution >= 0.6 is 0 Å². The number of nitrogen functional groups attached to an aromatic ring is 2. The zero-order valence-corrected chi connectivity index (χ0v) is 54.0. The van der Waals surface area contributed by atoms with E-state index in [9.17, 15) is 72.3 Å². The van der Waals surface area contributed by atoms with E-state index in [1.54, 1.807) is 0 Å². The Labute approximate surface area is 540 Å². The number of unbranched alkanes of at least 4 members (excludes halogenated alkanes) is 4. The van der Waals surface area contributed by atoms with Crippen molar-refractivity contribution in [3.8, 4) is 5.75 Å². The van der Waals surface area contributed by atoms with E-state index < -0.39 is 116 Å². The van der Waals surface area contributed by atoms with Gasteiger partial charge in [0.15, 0.2) is 23.3 Å². The van der Waals surface area contributed by atoms with E-state index in [1.165, 1.54) is 6.92 Å². The first kappa shape index (κ1) is 74.7. The van der Waals surface area contributed by atoms with Crippen LogP contribution in [0.5, 0.6) is 5.75 Å². The number of Topliss-reactive ketones (excluding diaryl/α,β-unsaturated/α-hetero) is 2. The van der Waals surface area contributed by atoms with Crippen LogP contribution in [0.2, 0.25) is 0 Å². The van der Waals surface area contributed by atoms with Crippen molar-refractivity contribution in [3.05, 3.63) is 89.5 Å². The number of ether oxygens (including phenoxy) is 3. The third kappa shape index (κ3) is 22.4.